The number of anilines is 1. The third kappa shape index (κ3) is 5.25. The molecule has 1 aliphatic rings. The van der Waals surface area contributed by atoms with E-state index in [-0.39, 0.29) is 11.6 Å². The van der Waals surface area contributed by atoms with E-state index in [0.717, 1.165) is 12.0 Å². The molecule has 1 atom stereocenters. The van der Waals surface area contributed by atoms with E-state index in [0.29, 0.717) is 55.0 Å². The Morgan fingerprint density at radius 1 is 1.34 bits per heavy atom. The van der Waals surface area contributed by atoms with Crippen LogP contribution in [0.5, 0.6) is 0 Å². The van der Waals surface area contributed by atoms with Gasteiger partial charge in [0, 0.05) is 48.8 Å². The number of benzene rings is 2. The van der Waals surface area contributed by atoms with Gasteiger partial charge in [-0.2, -0.15) is 0 Å². The molecule has 0 spiro atoms. The highest BCUT2D eigenvalue weighted by Gasteiger charge is 2.24. The molecular formula is C21H24ClN3O4. The first-order chi connectivity index (χ1) is 14.0. The Labute approximate surface area is 174 Å². The molecule has 0 aromatic heterocycles. The molecule has 2 aromatic rings. The molecule has 1 amide bonds. The molecular weight excluding hydrogens is 394 g/mol. The van der Waals surface area contributed by atoms with Gasteiger partial charge in [0.1, 0.15) is 5.69 Å². The summed E-state index contributed by atoms with van der Waals surface area (Å²) in [5, 5.41) is 15.2. The molecule has 8 heteroatoms. The van der Waals surface area contributed by atoms with E-state index in [1.807, 2.05) is 25.1 Å². The van der Waals surface area contributed by atoms with Crippen molar-refractivity contribution in [1.29, 1.82) is 0 Å². The summed E-state index contributed by atoms with van der Waals surface area (Å²) in [6.07, 6.45) is 0.925. The summed E-state index contributed by atoms with van der Waals surface area (Å²) in [7, 11) is 0. The second kappa shape index (κ2) is 9.71. The predicted octanol–water partition coefficient (Wildman–Crippen LogP) is 4.36. The van der Waals surface area contributed by atoms with Gasteiger partial charge in [-0.25, -0.2) is 0 Å². The molecule has 0 aliphatic carbocycles. The molecule has 1 saturated heterocycles. The van der Waals surface area contributed by atoms with Crippen molar-refractivity contribution in [3.8, 4) is 0 Å². The van der Waals surface area contributed by atoms with Crippen molar-refractivity contribution in [3.63, 3.8) is 0 Å². The van der Waals surface area contributed by atoms with Crippen LogP contribution < -0.4 is 5.32 Å². The van der Waals surface area contributed by atoms with E-state index in [1.165, 1.54) is 6.07 Å². The highest BCUT2D eigenvalue weighted by molar-refractivity contribution is 6.31. The zero-order valence-corrected chi connectivity index (χ0v) is 17.0. The zero-order valence-electron chi connectivity index (χ0n) is 16.3. The van der Waals surface area contributed by atoms with Crippen molar-refractivity contribution in [1.82, 2.24) is 4.90 Å². The number of carbonyl (C=O) groups excluding carboxylic acids is 1. The first-order valence-electron chi connectivity index (χ1n) is 9.62. The first kappa shape index (κ1) is 21.1. The molecule has 2 aromatic carbocycles. The van der Waals surface area contributed by atoms with Crippen LogP contribution >= 0.6 is 11.6 Å². The molecule has 3 rings (SSSR count). The number of hydrogen-bond donors (Lipinski definition) is 1. The van der Waals surface area contributed by atoms with Crippen LogP contribution in [0.3, 0.4) is 0 Å². The number of halogens is 1. The molecule has 1 aliphatic heterocycles. The van der Waals surface area contributed by atoms with Crippen molar-refractivity contribution < 1.29 is 14.5 Å². The van der Waals surface area contributed by atoms with Gasteiger partial charge in [-0.05, 0) is 37.1 Å². The Kier molecular flexibility index (Phi) is 7.06. The Bertz CT molecular complexity index is 884. The molecule has 29 heavy (non-hydrogen) atoms. The largest absolute Gasteiger partial charge is 0.381 e. The minimum absolute atomic E-state index is 0.136. The quantitative estimate of drug-likeness (QED) is 0.509. The van der Waals surface area contributed by atoms with E-state index in [1.54, 1.807) is 23.1 Å². The number of nitrogens with zero attached hydrogens (tertiary/aromatic N) is 2. The highest BCUT2D eigenvalue weighted by Crippen LogP contribution is 2.28. The summed E-state index contributed by atoms with van der Waals surface area (Å²) in [6, 6.07) is 11.8. The summed E-state index contributed by atoms with van der Waals surface area (Å²) in [5.74, 6) is 0.102. The molecule has 7 nitrogen and oxygen atoms in total. The van der Waals surface area contributed by atoms with Gasteiger partial charge in [-0.3, -0.25) is 14.9 Å². The summed E-state index contributed by atoms with van der Waals surface area (Å²) >= 11 is 6.15. The van der Waals surface area contributed by atoms with Gasteiger partial charge >= 0.3 is 0 Å². The molecule has 1 unspecified atom stereocenters. The minimum atomic E-state index is -0.479. The van der Waals surface area contributed by atoms with Crippen LogP contribution in [-0.2, 0) is 11.3 Å². The molecule has 1 fully saturated rings. The fourth-order valence-electron chi connectivity index (χ4n) is 3.37. The monoisotopic (exact) mass is 417 g/mol. The smallest absolute Gasteiger partial charge is 0.293 e. The molecule has 0 bridgehead atoms. The van der Waals surface area contributed by atoms with Gasteiger partial charge < -0.3 is 15.0 Å². The van der Waals surface area contributed by atoms with Gasteiger partial charge in [-0.15, -0.1) is 0 Å². The van der Waals surface area contributed by atoms with Gasteiger partial charge in [0.25, 0.3) is 11.6 Å². The number of nitro groups is 1. The van der Waals surface area contributed by atoms with Gasteiger partial charge in [0.15, 0.2) is 0 Å². The SMILES string of the molecule is CCN(CC1CCOC1)C(=O)c1ccc(NCc2ccccc2Cl)c([N+](=O)[O-])c1. The summed E-state index contributed by atoms with van der Waals surface area (Å²) in [6.45, 7) is 4.74. The number of hydrogen-bond acceptors (Lipinski definition) is 5. The van der Waals surface area contributed by atoms with Gasteiger partial charge in [0.2, 0.25) is 0 Å². The van der Waals surface area contributed by atoms with Gasteiger partial charge in [-0.1, -0.05) is 29.8 Å². The molecule has 0 saturated carbocycles. The lowest BCUT2D eigenvalue weighted by Gasteiger charge is -2.24. The Hall–Kier alpha value is -2.64. The lowest BCUT2D eigenvalue weighted by molar-refractivity contribution is -0.384. The average molecular weight is 418 g/mol. The van der Waals surface area contributed by atoms with E-state index in [2.05, 4.69) is 5.32 Å². The Morgan fingerprint density at radius 2 is 2.14 bits per heavy atom. The average Bonchev–Trinajstić information content (AvgIpc) is 3.24. The number of rotatable bonds is 8. The van der Waals surface area contributed by atoms with Crippen molar-refractivity contribution >= 4 is 28.9 Å². The van der Waals surface area contributed by atoms with E-state index in [9.17, 15) is 14.9 Å². The van der Waals surface area contributed by atoms with Crippen LogP contribution in [-0.4, -0.2) is 42.0 Å². The predicted molar refractivity (Wildman–Crippen MR) is 112 cm³/mol. The van der Waals surface area contributed by atoms with Gasteiger partial charge in [0.05, 0.1) is 11.5 Å². The Balaban J connectivity index is 1.76. The second-order valence-corrected chi connectivity index (χ2v) is 7.41. The number of carbonyl (C=O) groups is 1. The van der Waals surface area contributed by atoms with Crippen LogP contribution in [0.25, 0.3) is 0 Å². The van der Waals surface area contributed by atoms with Crippen LogP contribution in [0.1, 0.15) is 29.3 Å². The summed E-state index contributed by atoms with van der Waals surface area (Å²) in [5.41, 5.74) is 1.35. The Morgan fingerprint density at radius 3 is 2.79 bits per heavy atom. The molecule has 0 radical (unpaired) electrons. The maximum atomic E-state index is 12.9. The highest BCUT2D eigenvalue weighted by atomic mass is 35.5. The van der Waals surface area contributed by atoms with Crippen molar-refractivity contribution in [2.24, 2.45) is 5.92 Å². The second-order valence-electron chi connectivity index (χ2n) is 7.01. The third-order valence-corrected chi connectivity index (χ3v) is 5.41. The number of nitro benzene ring substituents is 1. The van der Waals surface area contributed by atoms with Crippen LogP contribution in [0.2, 0.25) is 5.02 Å². The molecule has 1 N–H and O–H groups in total. The van der Waals surface area contributed by atoms with E-state index in [4.69, 9.17) is 16.3 Å². The number of nitrogens with one attached hydrogen (secondary N) is 1. The van der Waals surface area contributed by atoms with Crippen molar-refractivity contribution in [3.05, 3.63) is 68.7 Å². The van der Waals surface area contributed by atoms with E-state index < -0.39 is 4.92 Å². The van der Waals surface area contributed by atoms with Crippen LogP contribution in [0, 0.1) is 16.0 Å². The maximum absolute atomic E-state index is 12.9. The van der Waals surface area contributed by atoms with E-state index >= 15 is 0 Å². The fraction of sp³-hybridized carbons (Fsp3) is 0.381. The molecule has 1 heterocycles. The maximum Gasteiger partial charge on any atom is 0.293 e. The number of ether oxygens (including phenoxy) is 1. The lowest BCUT2D eigenvalue weighted by atomic mass is 10.1. The topological polar surface area (TPSA) is 84.7 Å². The standard InChI is InChI=1S/C21H24ClN3O4/c1-2-24(13-15-9-10-29-14-15)21(26)16-7-8-19(20(11-16)25(27)28)23-12-17-5-3-4-6-18(17)22/h3-8,11,15,23H,2,9-10,12-14H2,1H3. The zero-order chi connectivity index (χ0) is 20.8. The lowest BCUT2D eigenvalue weighted by Crippen LogP contribution is -2.35. The summed E-state index contributed by atoms with van der Waals surface area (Å²) < 4.78 is 5.38. The number of amides is 1. The van der Waals surface area contributed by atoms with Crippen LogP contribution in [0.4, 0.5) is 11.4 Å². The molecule has 154 valence electrons. The van der Waals surface area contributed by atoms with Crippen molar-refractivity contribution in [2.75, 3.05) is 31.6 Å². The van der Waals surface area contributed by atoms with Crippen molar-refractivity contribution in [2.45, 2.75) is 19.9 Å². The minimum Gasteiger partial charge on any atom is -0.381 e. The summed E-state index contributed by atoms with van der Waals surface area (Å²) in [4.78, 5) is 25.7. The third-order valence-electron chi connectivity index (χ3n) is 5.04. The first-order valence-corrected chi connectivity index (χ1v) is 10.00. The fourth-order valence-corrected chi connectivity index (χ4v) is 3.58. The van der Waals surface area contributed by atoms with Crippen LogP contribution in [0.15, 0.2) is 42.5 Å². The normalized spacial score (nSPS) is 15.9.